The molecule has 2 aromatic carbocycles. The van der Waals surface area contributed by atoms with Crippen molar-refractivity contribution in [1.29, 1.82) is 0 Å². The number of hydrogen-bond donors (Lipinski definition) is 0. The first-order chi connectivity index (χ1) is 14.5. The molecule has 4 rings (SSSR count). The summed E-state index contributed by atoms with van der Waals surface area (Å²) in [6.07, 6.45) is 9.48. The van der Waals surface area contributed by atoms with Gasteiger partial charge in [0.1, 0.15) is 0 Å². The number of halogens is 3. The highest BCUT2D eigenvalue weighted by atomic mass is 28.3. The Morgan fingerprint density at radius 3 is 1.90 bits per heavy atom. The van der Waals surface area contributed by atoms with Gasteiger partial charge in [0.25, 0.3) is 0 Å². The largest absolute Gasteiger partial charge is 0.204 e. The summed E-state index contributed by atoms with van der Waals surface area (Å²) in [5, 5.41) is 0. The lowest BCUT2D eigenvalue weighted by Crippen LogP contribution is -2.28. The van der Waals surface area contributed by atoms with Gasteiger partial charge in [-0.3, -0.25) is 0 Å². The number of hydrogen-bond acceptors (Lipinski definition) is 0. The van der Waals surface area contributed by atoms with Gasteiger partial charge in [-0.05, 0) is 72.3 Å². The van der Waals surface area contributed by atoms with E-state index in [0.29, 0.717) is 11.5 Å². The average molecular weight is 430 g/mol. The molecule has 1 saturated carbocycles. The zero-order valence-electron chi connectivity index (χ0n) is 17.9. The first-order valence-electron chi connectivity index (χ1n) is 11.6. The Bertz CT molecular complexity index is 809. The van der Waals surface area contributed by atoms with Crippen molar-refractivity contribution < 1.29 is 13.2 Å². The van der Waals surface area contributed by atoms with Crippen LogP contribution in [0.3, 0.4) is 0 Å². The van der Waals surface area contributed by atoms with Crippen LogP contribution in [0.5, 0.6) is 0 Å². The summed E-state index contributed by atoms with van der Waals surface area (Å²) in [6, 6.07) is 14.7. The summed E-state index contributed by atoms with van der Waals surface area (Å²) in [5.41, 5.74) is 2.41. The van der Waals surface area contributed by atoms with E-state index in [1.54, 1.807) is 0 Å². The van der Waals surface area contributed by atoms with E-state index in [0.717, 1.165) is 29.5 Å². The normalized spacial score (nSPS) is 23.6. The van der Waals surface area contributed by atoms with Gasteiger partial charge in [0, 0.05) is 8.80 Å². The Balaban J connectivity index is 1.33. The maximum absolute atomic E-state index is 13.5. The van der Waals surface area contributed by atoms with Crippen LogP contribution in [0.25, 0.3) is 11.1 Å². The van der Waals surface area contributed by atoms with Crippen LogP contribution >= 0.6 is 0 Å². The van der Waals surface area contributed by atoms with Gasteiger partial charge >= 0.3 is 0 Å². The monoisotopic (exact) mass is 429 g/mol. The standard InChI is InChI=1S/C26H32F3Si/c1-2-13-30-14-11-22(12-15-30)20-5-3-18(4-6-20)19-7-9-21(10-8-19)23-16-24(27)26(29)25(28)17-23/h7-10,16-18,20,22H,2-6,11-15H2,1H3. The molecule has 1 aliphatic carbocycles. The van der Waals surface area contributed by atoms with Crippen LogP contribution in [0.2, 0.25) is 18.1 Å². The molecule has 0 atom stereocenters. The van der Waals surface area contributed by atoms with Crippen molar-refractivity contribution in [3.63, 3.8) is 0 Å². The number of rotatable bonds is 5. The van der Waals surface area contributed by atoms with Gasteiger partial charge in [-0.15, -0.1) is 0 Å². The van der Waals surface area contributed by atoms with E-state index >= 15 is 0 Å². The fourth-order valence-corrected chi connectivity index (χ4v) is 8.73. The van der Waals surface area contributed by atoms with E-state index < -0.39 is 17.5 Å². The Morgan fingerprint density at radius 1 is 0.767 bits per heavy atom. The predicted molar refractivity (Wildman–Crippen MR) is 120 cm³/mol. The molecule has 1 radical (unpaired) electrons. The maximum atomic E-state index is 13.5. The quantitative estimate of drug-likeness (QED) is 0.331. The van der Waals surface area contributed by atoms with Crippen molar-refractivity contribution in [3.8, 4) is 11.1 Å². The molecule has 1 heterocycles. The van der Waals surface area contributed by atoms with E-state index in [1.165, 1.54) is 68.6 Å². The van der Waals surface area contributed by atoms with Gasteiger partial charge in [-0.1, -0.05) is 68.6 Å². The molecule has 0 amide bonds. The summed E-state index contributed by atoms with van der Waals surface area (Å²) in [4.78, 5) is 0. The third kappa shape index (κ3) is 4.85. The van der Waals surface area contributed by atoms with Gasteiger partial charge in [-0.2, -0.15) is 0 Å². The van der Waals surface area contributed by atoms with Gasteiger partial charge < -0.3 is 0 Å². The lowest BCUT2D eigenvalue weighted by molar-refractivity contribution is 0.216. The van der Waals surface area contributed by atoms with Gasteiger partial charge in [-0.25, -0.2) is 13.2 Å². The van der Waals surface area contributed by atoms with Crippen LogP contribution in [0.4, 0.5) is 13.2 Å². The van der Waals surface area contributed by atoms with E-state index in [1.807, 2.05) is 12.1 Å². The van der Waals surface area contributed by atoms with Crippen LogP contribution in [0.15, 0.2) is 36.4 Å². The molecule has 4 heteroatoms. The second kappa shape index (κ2) is 9.72. The smallest absolute Gasteiger partial charge is 0.194 e. The van der Waals surface area contributed by atoms with Crippen LogP contribution in [0.1, 0.15) is 63.4 Å². The van der Waals surface area contributed by atoms with E-state index in [4.69, 9.17) is 0 Å². The van der Waals surface area contributed by atoms with Crippen molar-refractivity contribution in [1.82, 2.24) is 0 Å². The molecular formula is C26H32F3Si. The van der Waals surface area contributed by atoms with Gasteiger partial charge in [0.2, 0.25) is 0 Å². The molecule has 161 valence electrons. The summed E-state index contributed by atoms with van der Waals surface area (Å²) < 4.78 is 40.3. The van der Waals surface area contributed by atoms with Gasteiger partial charge in [0.15, 0.2) is 17.5 Å². The lowest BCUT2D eigenvalue weighted by atomic mass is 9.72. The Labute approximate surface area is 180 Å². The third-order valence-electron chi connectivity index (χ3n) is 7.48. The fraction of sp³-hybridized carbons (Fsp3) is 0.538. The molecule has 0 aromatic heterocycles. The second-order valence-corrected chi connectivity index (χ2v) is 12.3. The molecule has 0 unspecified atom stereocenters. The molecule has 2 aromatic rings. The minimum atomic E-state index is -1.41. The molecule has 2 fully saturated rings. The summed E-state index contributed by atoms with van der Waals surface area (Å²) in [5.74, 6) is -1.23. The summed E-state index contributed by atoms with van der Waals surface area (Å²) in [6.45, 7) is 2.33. The molecule has 1 saturated heterocycles. The molecule has 0 spiro atoms. The molecule has 0 nitrogen and oxygen atoms in total. The van der Waals surface area contributed by atoms with Crippen LogP contribution in [0, 0.1) is 29.3 Å². The van der Waals surface area contributed by atoms with Crippen molar-refractivity contribution >= 4 is 8.80 Å². The average Bonchev–Trinajstić information content (AvgIpc) is 2.78. The van der Waals surface area contributed by atoms with Crippen molar-refractivity contribution in [2.24, 2.45) is 11.8 Å². The molecular weight excluding hydrogens is 397 g/mol. The zero-order valence-corrected chi connectivity index (χ0v) is 18.9. The van der Waals surface area contributed by atoms with Crippen molar-refractivity contribution in [2.75, 3.05) is 0 Å². The van der Waals surface area contributed by atoms with Crippen LogP contribution in [-0.4, -0.2) is 8.80 Å². The van der Waals surface area contributed by atoms with Crippen LogP contribution < -0.4 is 0 Å². The predicted octanol–water partition coefficient (Wildman–Crippen LogP) is 8.36. The Hall–Kier alpha value is -1.55. The molecule has 2 aliphatic rings. The maximum Gasteiger partial charge on any atom is 0.194 e. The highest BCUT2D eigenvalue weighted by Crippen LogP contribution is 2.43. The summed E-state index contributed by atoms with van der Waals surface area (Å²) >= 11 is 0. The minimum Gasteiger partial charge on any atom is -0.204 e. The van der Waals surface area contributed by atoms with E-state index in [2.05, 4.69) is 19.1 Å². The topological polar surface area (TPSA) is 0 Å². The van der Waals surface area contributed by atoms with Gasteiger partial charge in [0.05, 0.1) is 0 Å². The van der Waals surface area contributed by atoms with E-state index in [9.17, 15) is 13.2 Å². The Kier molecular flexibility index (Phi) is 7.02. The fourth-order valence-electron chi connectivity index (χ4n) is 5.72. The lowest BCUT2D eigenvalue weighted by Gasteiger charge is -2.37. The molecule has 30 heavy (non-hydrogen) atoms. The zero-order chi connectivity index (χ0) is 21.1. The first kappa shape index (κ1) is 21.7. The molecule has 0 bridgehead atoms. The summed E-state index contributed by atoms with van der Waals surface area (Å²) in [7, 11) is -0.0247. The van der Waals surface area contributed by atoms with Crippen LogP contribution in [-0.2, 0) is 0 Å². The van der Waals surface area contributed by atoms with E-state index in [-0.39, 0.29) is 8.80 Å². The van der Waals surface area contributed by atoms with Crippen molar-refractivity contribution in [3.05, 3.63) is 59.4 Å². The second-order valence-electron chi connectivity index (χ2n) is 9.33. The highest BCUT2D eigenvalue weighted by Gasteiger charge is 2.31. The third-order valence-corrected chi connectivity index (χ3v) is 10.7. The minimum absolute atomic E-state index is 0.0247. The highest BCUT2D eigenvalue weighted by molar-refractivity contribution is 6.58. The SMILES string of the molecule is CCC[Si]1CCC(C2CCC(c3ccc(-c4cc(F)c(F)c(F)c4)cc3)CC2)CC1. The first-order valence-corrected chi connectivity index (χ1v) is 13.8. The van der Waals surface area contributed by atoms with Crippen molar-refractivity contribution in [2.45, 2.75) is 75.9 Å². The molecule has 1 aliphatic heterocycles. The molecule has 0 N–H and O–H groups in total. The Morgan fingerprint density at radius 2 is 1.33 bits per heavy atom. The number of benzene rings is 2.